The first-order valence-corrected chi connectivity index (χ1v) is 6.76. The fraction of sp³-hybridized carbons (Fsp3) is 0.500. The molecular weight excluding hydrogens is 224 g/mol. The monoisotopic (exact) mass is 242 g/mol. The minimum absolute atomic E-state index is 0.119. The zero-order valence-corrected chi connectivity index (χ0v) is 10.3. The first kappa shape index (κ1) is 10.8. The topological polar surface area (TPSA) is 18.5 Å². The standard InChI is InChI=1S/C16H18O2/c1-3-11-13-14(12(4-2)17-11)16-10-8-6-5-7-9(10)15(13)18-16/h3-16H,1-2H2. The molecule has 0 aromatic rings. The van der Waals surface area contributed by atoms with E-state index in [4.69, 9.17) is 9.47 Å². The summed E-state index contributed by atoms with van der Waals surface area (Å²) in [5, 5.41) is 0. The molecule has 0 N–H and O–H groups in total. The molecule has 8 atom stereocenters. The lowest BCUT2D eigenvalue weighted by Gasteiger charge is -2.34. The molecule has 2 heteroatoms. The van der Waals surface area contributed by atoms with Crippen LogP contribution >= 0.6 is 0 Å². The quantitative estimate of drug-likeness (QED) is 0.693. The van der Waals surface area contributed by atoms with Gasteiger partial charge in [0.1, 0.15) is 0 Å². The molecule has 0 aromatic carbocycles. The van der Waals surface area contributed by atoms with Crippen LogP contribution in [0.25, 0.3) is 0 Å². The molecule has 3 fully saturated rings. The summed E-state index contributed by atoms with van der Waals surface area (Å²) >= 11 is 0. The Balaban J connectivity index is 1.73. The SMILES string of the molecule is C=CC1OC(C=C)C2C3OC(C4C=CC=CC43)C12. The minimum atomic E-state index is 0.119. The number of rotatable bonds is 2. The van der Waals surface area contributed by atoms with Crippen LogP contribution in [0.15, 0.2) is 49.6 Å². The zero-order valence-electron chi connectivity index (χ0n) is 10.3. The van der Waals surface area contributed by atoms with Crippen LogP contribution in [-0.2, 0) is 9.47 Å². The summed E-state index contributed by atoms with van der Waals surface area (Å²) in [5.74, 6) is 1.95. The number of hydrogen-bond acceptors (Lipinski definition) is 2. The number of ether oxygens (including phenoxy) is 2. The van der Waals surface area contributed by atoms with Crippen molar-refractivity contribution in [2.45, 2.75) is 24.4 Å². The Morgan fingerprint density at radius 3 is 1.72 bits per heavy atom. The Kier molecular flexibility index (Phi) is 2.21. The molecular formula is C16H18O2. The third-order valence-electron chi connectivity index (χ3n) is 5.04. The molecule has 3 aliphatic heterocycles. The summed E-state index contributed by atoms with van der Waals surface area (Å²) in [5.41, 5.74) is 0. The summed E-state index contributed by atoms with van der Waals surface area (Å²) < 4.78 is 12.3. The van der Waals surface area contributed by atoms with Crippen molar-refractivity contribution in [3.8, 4) is 0 Å². The summed E-state index contributed by atoms with van der Waals surface area (Å²) in [7, 11) is 0. The van der Waals surface area contributed by atoms with Gasteiger partial charge in [0.05, 0.1) is 24.4 Å². The molecule has 4 rings (SSSR count). The van der Waals surface area contributed by atoms with Crippen LogP contribution in [0, 0.1) is 23.7 Å². The second-order valence-corrected chi connectivity index (χ2v) is 5.68. The van der Waals surface area contributed by atoms with E-state index in [1.165, 1.54) is 0 Å². The molecule has 2 bridgehead atoms. The van der Waals surface area contributed by atoms with Crippen molar-refractivity contribution in [2.75, 3.05) is 0 Å². The molecule has 0 aromatic heterocycles. The molecule has 1 aliphatic carbocycles. The van der Waals surface area contributed by atoms with Crippen LogP contribution in [0.5, 0.6) is 0 Å². The lowest BCUT2D eigenvalue weighted by molar-refractivity contribution is 0.000138. The maximum Gasteiger partial charge on any atom is 0.0819 e. The maximum atomic E-state index is 6.27. The van der Waals surface area contributed by atoms with E-state index in [9.17, 15) is 0 Å². The van der Waals surface area contributed by atoms with Gasteiger partial charge in [-0.3, -0.25) is 0 Å². The van der Waals surface area contributed by atoms with Crippen LogP contribution in [0.2, 0.25) is 0 Å². The van der Waals surface area contributed by atoms with E-state index in [1.807, 2.05) is 12.2 Å². The Morgan fingerprint density at radius 2 is 1.28 bits per heavy atom. The summed E-state index contributed by atoms with van der Waals surface area (Å²) in [6.07, 6.45) is 13.6. The second-order valence-electron chi connectivity index (χ2n) is 5.68. The highest BCUT2D eigenvalue weighted by atomic mass is 16.5. The average molecular weight is 242 g/mol. The van der Waals surface area contributed by atoms with Crippen molar-refractivity contribution in [2.24, 2.45) is 23.7 Å². The van der Waals surface area contributed by atoms with Crippen molar-refractivity contribution >= 4 is 0 Å². The van der Waals surface area contributed by atoms with Crippen molar-refractivity contribution in [3.05, 3.63) is 49.6 Å². The molecule has 3 heterocycles. The largest absolute Gasteiger partial charge is 0.373 e. The minimum Gasteiger partial charge on any atom is -0.373 e. The summed E-state index contributed by atoms with van der Waals surface area (Å²) in [6.45, 7) is 7.83. The number of allylic oxidation sites excluding steroid dienone is 2. The van der Waals surface area contributed by atoms with Crippen molar-refractivity contribution in [3.63, 3.8) is 0 Å². The first-order valence-electron chi connectivity index (χ1n) is 6.76. The van der Waals surface area contributed by atoms with E-state index in [2.05, 4.69) is 37.5 Å². The van der Waals surface area contributed by atoms with E-state index < -0.39 is 0 Å². The third kappa shape index (κ3) is 1.15. The smallest absolute Gasteiger partial charge is 0.0819 e. The van der Waals surface area contributed by atoms with Gasteiger partial charge in [0.25, 0.3) is 0 Å². The van der Waals surface area contributed by atoms with Gasteiger partial charge in [0.2, 0.25) is 0 Å². The number of hydrogen-bond donors (Lipinski definition) is 0. The van der Waals surface area contributed by atoms with Gasteiger partial charge >= 0.3 is 0 Å². The molecule has 8 unspecified atom stereocenters. The normalized spacial score (nSPS) is 55.3. The molecule has 0 radical (unpaired) electrons. The van der Waals surface area contributed by atoms with Crippen LogP contribution in [0.1, 0.15) is 0 Å². The summed E-state index contributed by atoms with van der Waals surface area (Å²) in [6, 6.07) is 0. The van der Waals surface area contributed by atoms with Crippen molar-refractivity contribution < 1.29 is 9.47 Å². The van der Waals surface area contributed by atoms with Gasteiger partial charge in [-0.25, -0.2) is 0 Å². The maximum absolute atomic E-state index is 6.27. The van der Waals surface area contributed by atoms with Crippen LogP contribution in [0.3, 0.4) is 0 Å². The van der Waals surface area contributed by atoms with Crippen molar-refractivity contribution in [1.29, 1.82) is 0 Å². The average Bonchev–Trinajstić information content (AvgIpc) is 3.07. The highest BCUT2D eigenvalue weighted by Gasteiger charge is 2.64. The van der Waals surface area contributed by atoms with Crippen LogP contribution in [0.4, 0.5) is 0 Å². The van der Waals surface area contributed by atoms with Gasteiger partial charge in [-0.2, -0.15) is 0 Å². The molecule has 4 aliphatic rings. The lowest BCUT2D eigenvalue weighted by atomic mass is 9.65. The molecule has 0 saturated carbocycles. The molecule has 94 valence electrons. The predicted octanol–water partition coefficient (Wildman–Crippen LogP) is 2.50. The molecule has 3 saturated heterocycles. The first-order chi connectivity index (χ1) is 8.85. The van der Waals surface area contributed by atoms with Gasteiger partial charge < -0.3 is 9.47 Å². The van der Waals surface area contributed by atoms with Gasteiger partial charge in [0, 0.05) is 23.7 Å². The Bertz CT molecular complexity index is 410. The fourth-order valence-corrected chi connectivity index (χ4v) is 4.39. The van der Waals surface area contributed by atoms with Crippen molar-refractivity contribution in [1.82, 2.24) is 0 Å². The molecule has 0 spiro atoms. The number of fused-ring (bicyclic) bond motifs is 8. The zero-order chi connectivity index (χ0) is 12.3. The van der Waals surface area contributed by atoms with Gasteiger partial charge in [-0.05, 0) is 0 Å². The van der Waals surface area contributed by atoms with Crippen LogP contribution in [-0.4, -0.2) is 24.4 Å². The van der Waals surface area contributed by atoms with E-state index in [-0.39, 0.29) is 12.2 Å². The van der Waals surface area contributed by atoms with E-state index in [0.717, 1.165) is 0 Å². The fourth-order valence-electron chi connectivity index (χ4n) is 4.39. The Labute approximate surface area is 108 Å². The Hall–Kier alpha value is -1.12. The van der Waals surface area contributed by atoms with Gasteiger partial charge in [0.15, 0.2) is 0 Å². The predicted molar refractivity (Wildman–Crippen MR) is 70.0 cm³/mol. The molecule has 0 amide bonds. The third-order valence-corrected chi connectivity index (χ3v) is 5.04. The highest BCUT2D eigenvalue weighted by Crippen LogP contribution is 2.58. The van der Waals surface area contributed by atoms with Gasteiger partial charge in [-0.1, -0.05) is 36.5 Å². The van der Waals surface area contributed by atoms with Gasteiger partial charge in [-0.15, -0.1) is 13.2 Å². The van der Waals surface area contributed by atoms with E-state index in [1.54, 1.807) is 0 Å². The van der Waals surface area contributed by atoms with E-state index >= 15 is 0 Å². The second kappa shape index (κ2) is 3.69. The van der Waals surface area contributed by atoms with Crippen LogP contribution < -0.4 is 0 Å². The Morgan fingerprint density at radius 1 is 0.778 bits per heavy atom. The molecule has 18 heavy (non-hydrogen) atoms. The molecule has 2 nitrogen and oxygen atoms in total. The summed E-state index contributed by atoms with van der Waals surface area (Å²) in [4.78, 5) is 0. The van der Waals surface area contributed by atoms with E-state index in [0.29, 0.717) is 35.9 Å². The lowest BCUT2D eigenvalue weighted by Crippen LogP contribution is -2.41. The highest BCUT2D eigenvalue weighted by molar-refractivity contribution is 5.27.